The topological polar surface area (TPSA) is 66.0 Å². The number of halogens is 1. The zero-order valence-corrected chi connectivity index (χ0v) is 10.6. The molecule has 0 aliphatic heterocycles. The number of nitrogens with two attached hydrogens (primary N) is 1. The summed E-state index contributed by atoms with van der Waals surface area (Å²) in [6, 6.07) is 1.32. The minimum absolute atomic E-state index is 0.165. The molecule has 0 saturated carbocycles. The maximum atomic E-state index is 13.0. The predicted molar refractivity (Wildman–Crippen MR) is 64.8 cm³/mol. The lowest BCUT2D eigenvalue weighted by Crippen LogP contribution is -2.03. The van der Waals surface area contributed by atoms with Crippen molar-refractivity contribution in [2.45, 2.75) is 20.4 Å². The summed E-state index contributed by atoms with van der Waals surface area (Å²) in [4.78, 5) is 3.92. The van der Waals surface area contributed by atoms with E-state index in [0.29, 0.717) is 17.2 Å². The van der Waals surface area contributed by atoms with E-state index in [1.54, 1.807) is 4.68 Å². The van der Waals surface area contributed by atoms with Gasteiger partial charge in [-0.05, 0) is 19.9 Å². The maximum absolute atomic E-state index is 13.0. The number of ether oxygens (including phenoxy) is 1. The molecule has 2 rings (SSSR count). The molecule has 0 aliphatic carbocycles. The van der Waals surface area contributed by atoms with E-state index in [9.17, 15) is 4.39 Å². The summed E-state index contributed by atoms with van der Waals surface area (Å²) in [6.45, 7) is 3.90. The van der Waals surface area contributed by atoms with Crippen molar-refractivity contribution < 1.29 is 9.13 Å². The van der Waals surface area contributed by atoms with Crippen LogP contribution in [0.15, 0.2) is 12.3 Å². The van der Waals surface area contributed by atoms with Gasteiger partial charge in [0.2, 0.25) is 5.88 Å². The highest BCUT2D eigenvalue weighted by molar-refractivity contribution is 5.37. The second-order valence-corrected chi connectivity index (χ2v) is 4.05. The quantitative estimate of drug-likeness (QED) is 0.902. The number of hydrogen-bond donors (Lipinski definition) is 1. The Morgan fingerprint density at radius 1 is 1.44 bits per heavy atom. The van der Waals surface area contributed by atoms with Crippen LogP contribution in [0.2, 0.25) is 0 Å². The summed E-state index contributed by atoms with van der Waals surface area (Å²) < 4.78 is 20.5. The zero-order chi connectivity index (χ0) is 13.3. The van der Waals surface area contributed by atoms with Crippen LogP contribution in [0, 0.1) is 19.7 Å². The Hall–Kier alpha value is -1.95. The number of aryl methyl sites for hydroxylation is 2. The van der Waals surface area contributed by atoms with Crippen molar-refractivity contribution in [3.8, 4) is 11.6 Å². The molecule has 96 valence electrons. The van der Waals surface area contributed by atoms with Crippen molar-refractivity contribution in [2.75, 3.05) is 0 Å². The third-order valence-electron chi connectivity index (χ3n) is 2.75. The van der Waals surface area contributed by atoms with E-state index < -0.39 is 5.82 Å². The zero-order valence-electron chi connectivity index (χ0n) is 10.6. The molecule has 0 amide bonds. The van der Waals surface area contributed by atoms with Crippen molar-refractivity contribution in [3.63, 3.8) is 0 Å². The Labute approximate surface area is 104 Å². The van der Waals surface area contributed by atoms with Crippen molar-refractivity contribution in [1.29, 1.82) is 0 Å². The molecule has 2 heterocycles. The highest BCUT2D eigenvalue weighted by Crippen LogP contribution is 2.28. The normalized spacial score (nSPS) is 10.7. The molecule has 2 aromatic heterocycles. The third-order valence-corrected chi connectivity index (χ3v) is 2.75. The molecule has 0 radical (unpaired) electrons. The molecule has 0 unspecified atom stereocenters. The Kier molecular flexibility index (Phi) is 3.29. The number of nitrogens with zero attached hydrogens (tertiary/aromatic N) is 3. The maximum Gasteiger partial charge on any atom is 0.224 e. The number of rotatable bonds is 3. The van der Waals surface area contributed by atoms with E-state index >= 15 is 0 Å². The van der Waals surface area contributed by atoms with Gasteiger partial charge in [-0.1, -0.05) is 0 Å². The van der Waals surface area contributed by atoms with Crippen LogP contribution in [-0.2, 0) is 13.6 Å². The highest BCUT2D eigenvalue weighted by atomic mass is 19.1. The summed E-state index contributed by atoms with van der Waals surface area (Å²) in [6.07, 6.45) is 1.11. The molecule has 0 aliphatic rings. The molecule has 6 heteroatoms. The first-order valence-corrected chi connectivity index (χ1v) is 5.55. The Morgan fingerprint density at radius 2 is 2.17 bits per heavy atom. The number of hydrogen-bond acceptors (Lipinski definition) is 4. The van der Waals surface area contributed by atoms with Gasteiger partial charge >= 0.3 is 0 Å². The van der Waals surface area contributed by atoms with E-state index in [2.05, 4.69) is 10.1 Å². The van der Waals surface area contributed by atoms with Crippen molar-refractivity contribution in [3.05, 3.63) is 35.0 Å². The van der Waals surface area contributed by atoms with Crippen LogP contribution in [0.25, 0.3) is 0 Å². The lowest BCUT2D eigenvalue weighted by Gasteiger charge is -2.08. The Morgan fingerprint density at radius 3 is 2.72 bits per heavy atom. The summed E-state index contributed by atoms with van der Waals surface area (Å²) in [5.41, 5.74) is 7.70. The van der Waals surface area contributed by atoms with Gasteiger partial charge in [0.15, 0.2) is 5.75 Å². The first-order chi connectivity index (χ1) is 8.52. The molecule has 0 atom stereocenters. The van der Waals surface area contributed by atoms with Crippen molar-refractivity contribution in [2.24, 2.45) is 12.8 Å². The minimum atomic E-state index is -0.428. The average molecular weight is 250 g/mol. The second kappa shape index (κ2) is 4.73. The van der Waals surface area contributed by atoms with Crippen molar-refractivity contribution >= 4 is 0 Å². The van der Waals surface area contributed by atoms with Crippen molar-refractivity contribution in [1.82, 2.24) is 14.8 Å². The molecule has 0 bridgehead atoms. The fourth-order valence-electron chi connectivity index (χ4n) is 1.71. The lowest BCUT2D eigenvalue weighted by atomic mass is 10.2. The first-order valence-electron chi connectivity index (χ1n) is 5.55. The third kappa shape index (κ3) is 2.19. The van der Waals surface area contributed by atoms with Gasteiger partial charge in [0, 0.05) is 19.2 Å². The minimum Gasteiger partial charge on any atom is -0.435 e. The van der Waals surface area contributed by atoms with Crippen LogP contribution in [0.3, 0.4) is 0 Å². The Balaban J connectivity index is 2.39. The molecule has 5 nitrogen and oxygen atoms in total. The van der Waals surface area contributed by atoms with Gasteiger partial charge < -0.3 is 10.5 Å². The van der Waals surface area contributed by atoms with E-state index in [-0.39, 0.29) is 6.54 Å². The first kappa shape index (κ1) is 12.5. The van der Waals surface area contributed by atoms with E-state index in [1.807, 2.05) is 20.9 Å². The van der Waals surface area contributed by atoms with Gasteiger partial charge in [-0.15, -0.1) is 0 Å². The second-order valence-electron chi connectivity index (χ2n) is 4.05. The Bertz CT molecular complexity index is 580. The molecule has 0 aromatic carbocycles. The van der Waals surface area contributed by atoms with Gasteiger partial charge in [0.1, 0.15) is 11.5 Å². The fourth-order valence-corrected chi connectivity index (χ4v) is 1.71. The van der Waals surface area contributed by atoms with E-state index in [0.717, 1.165) is 17.6 Å². The molecule has 2 N–H and O–H groups in total. The largest absolute Gasteiger partial charge is 0.435 e. The standard InChI is InChI=1S/C12H15FN4O/c1-7-11(8(2)17(3)16-7)18-12-9(5-14)4-10(13)6-15-12/h4,6H,5,14H2,1-3H3. The van der Waals surface area contributed by atoms with E-state index in [1.165, 1.54) is 6.07 Å². The van der Waals surface area contributed by atoms with Crippen LogP contribution < -0.4 is 10.5 Å². The number of pyridine rings is 1. The van der Waals surface area contributed by atoms with Gasteiger partial charge in [-0.2, -0.15) is 5.10 Å². The van der Waals surface area contributed by atoms with Crippen LogP contribution in [0.4, 0.5) is 4.39 Å². The smallest absolute Gasteiger partial charge is 0.224 e. The molecular weight excluding hydrogens is 235 g/mol. The van der Waals surface area contributed by atoms with Crippen LogP contribution in [0.5, 0.6) is 11.6 Å². The SMILES string of the molecule is Cc1nn(C)c(C)c1Oc1ncc(F)cc1CN. The molecular formula is C12H15FN4O. The van der Waals surface area contributed by atoms with Crippen LogP contribution >= 0.6 is 0 Å². The molecule has 2 aromatic rings. The highest BCUT2D eigenvalue weighted by Gasteiger charge is 2.14. The monoisotopic (exact) mass is 250 g/mol. The van der Waals surface area contributed by atoms with Gasteiger partial charge in [0.05, 0.1) is 11.9 Å². The van der Waals surface area contributed by atoms with Gasteiger partial charge in [-0.25, -0.2) is 9.37 Å². The van der Waals surface area contributed by atoms with Crippen LogP contribution in [0.1, 0.15) is 17.0 Å². The summed E-state index contributed by atoms with van der Waals surface area (Å²) >= 11 is 0. The van der Waals surface area contributed by atoms with Gasteiger partial charge in [0.25, 0.3) is 0 Å². The van der Waals surface area contributed by atoms with Crippen LogP contribution in [-0.4, -0.2) is 14.8 Å². The van der Waals surface area contributed by atoms with E-state index in [4.69, 9.17) is 10.5 Å². The summed E-state index contributed by atoms with van der Waals surface area (Å²) in [7, 11) is 1.83. The fraction of sp³-hybridized carbons (Fsp3) is 0.333. The molecule has 0 fully saturated rings. The molecule has 0 spiro atoms. The average Bonchev–Trinajstić information content (AvgIpc) is 2.58. The number of aromatic nitrogens is 3. The summed E-state index contributed by atoms with van der Waals surface area (Å²) in [5, 5.41) is 4.24. The molecule has 0 saturated heterocycles. The predicted octanol–water partition coefficient (Wildman–Crippen LogP) is 1.82. The van der Waals surface area contributed by atoms with Gasteiger partial charge in [-0.3, -0.25) is 4.68 Å². The lowest BCUT2D eigenvalue weighted by molar-refractivity contribution is 0.445. The molecule has 18 heavy (non-hydrogen) atoms. The summed E-state index contributed by atoms with van der Waals surface area (Å²) in [5.74, 6) is 0.520.